The van der Waals surface area contributed by atoms with Crippen LogP contribution in [0.4, 0.5) is 4.39 Å². The molecule has 1 aromatic rings. The van der Waals surface area contributed by atoms with E-state index in [1.807, 2.05) is 4.90 Å². The number of halogens is 3. The molecule has 1 amide bonds. The highest BCUT2D eigenvalue weighted by molar-refractivity contribution is 9.10. The van der Waals surface area contributed by atoms with Gasteiger partial charge in [0.15, 0.2) is 0 Å². The quantitative estimate of drug-likeness (QED) is 0.832. The maximum atomic E-state index is 13.2. The molecule has 0 saturated carbocycles. The number of rotatable bonds is 1. The molecule has 110 valence electrons. The number of amides is 1. The van der Waals surface area contributed by atoms with Crippen LogP contribution in [0.25, 0.3) is 0 Å². The summed E-state index contributed by atoms with van der Waals surface area (Å²) in [5.41, 5.74) is 0.553. The van der Waals surface area contributed by atoms with Gasteiger partial charge in [-0.25, -0.2) is 4.39 Å². The van der Waals surface area contributed by atoms with Crippen molar-refractivity contribution in [2.75, 3.05) is 19.6 Å². The largest absolute Gasteiger partial charge is 0.338 e. The van der Waals surface area contributed by atoms with Crippen LogP contribution in [-0.2, 0) is 0 Å². The number of nitrogens with zero attached hydrogens (tertiary/aromatic N) is 1. The van der Waals surface area contributed by atoms with Gasteiger partial charge in [0, 0.05) is 24.7 Å². The molecule has 2 atom stereocenters. The molecule has 0 radical (unpaired) electrons. The summed E-state index contributed by atoms with van der Waals surface area (Å²) in [5, 5.41) is 3.48. The van der Waals surface area contributed by atoms with Crippen LogP contribution < -0.4 is 5.32 Å². The molecule has 2 unspecified atom stereocenters. The zero-order valence-corrected chi connectivity index (χ0v) is 13.3. The number of carbonyl (C=O) groups excluding carboxylic acids is 1. The van der Waals surface area contributed by atoms with E-state index in [1.54, 1.807) is 12.1 Å². The fraction of sp³-hybridized carbons (Fsp3) is 0.500. The van der Waals surface area contributed by atoms with Crippen LogP contribution in [0, 0.1) is 11.7 Å². The van der Waals surface area contributed by atoms with E-state index in [9.17, 15) is 9.18 Å². The van der Waals surface area contributed by atoms with Crippen molar-refractivity contribution >= 4 is 34.2 Å². The number of benzene rings is 1. The van der Waals surface area contributed by atoms with Crippen LogP contribution in [0.5, 0.6) is 0 Å². The second-order valence-electron chi connectivity index (χ2n) is 5.28. The monoisotopic (exact) mass is 362 g/mol. The molecule has 20 heavy (non-hydrogen) atoms. The smallest absolute Gasteiger partial charge is 0.253 e. The third-order valence-corrected chi connectivity index (χ3v) is 4.72. The zero-order valence-electron chi connectivity index (χ0n) is 10.9. The minimum atomic E-state index is -0.338. The summed E-state index contributed by atoms with van der Waals surface area (Å²) < 4.78 is 13.5. The van der Waals surface area contributed by atoms with E-state index in [0.717, 1.165) is 32.5 Å². The van der Waals surface area contributed by atoms with Crippen LogP contribution in [0.2, 0.25) is 0 Å². The van der Waals surface area contributed by atoms with Crippen LogP contribution in [0.1, 0.15) is 23.2 Å². The highest BCUT2D eigenvalue weighted by Crippen LogP contribution is 2.26. The second-order valence-corrected chi connectivity index (χ2v) is 6.13. The lowest BCUT2D eigenvalue weighted by Gasteiger charge is -2.35. The molecule has 2 saturated heterocycles. The Morgan fingerprint density at radius 3 is 2.95 bits per heavy atom. The van der Waals surface area contributed by atoms with E-state index >= 15 is 0 Å². The van der Waals surface area contributed by atoms with E-state index in [0.29, 0.717) is 22.0 Å². The summed E-state index contributed by atoms with van der Waals surface area (Å²) in [5.74, 6) is 0.239. The molecule has 2 heterocycles. The number of piperidine rings is 1. The molecule has 3 rings (SSSR count). The number of fused-ring (bicyclic) bond motifs is 1. The maximum Gasteiger partial charge on any atom is 0.253 e. The molecule has 6 heteroatoms. The molecule has 3 nitrogen and oxygen atoms in total. The van der Waals surface area contributed by atoms with Crippen molar-refractivity contribution in [3.05, 3.63) is 34.1 Å². The highest BCUT2D eigenvalue weighted by Gasteiger charge is 2.34. The molecule has 1 aromatic carbocycles. The fourth-order valence-electron chi connectivity index (χ4n) is 3.04. The Bertz CT molecular complexity index is 514. The average molecular weight is 364 g/mol. The van der Waals surface area contributed by atoms with Gasteiger partial charge in [0.05, 0.1) is 4.47 Å². The lowest BCUT2D eigenvalue weighted by molar-refractivity contribution is 0.0662. The van der Waals surface area contributed by atoms with Crippen LogP contribution in [0.15, 0.2) is 22.7 Å². The summed E-state index contributed by atoms with van der Waals surface area (Å²) in [6.07, 6.45) is 2.15. The molecular formula is C14H17BrClFN2O. The van der Waals surface area contributed by atoms with Gasteiger partial charge in [0.1, 0.15) is 5.82 Å². The van der Waals surface area contributed by atoms with E-state index in [4.69, 9.17) is 0 Å². The average Bonchev–Trinajstić information content (AvgIpc) is 2.88. The standard InChI is InChI=1S/C14H16BrFN2O.ClH/c15-11-7-9(1-2-12(11)16)14(19)18-6-4-13-10(8-18)3-5-17-13;/h1-2,7,10,13,17H,3-6,8H2;1H. The van der Waals surface area contributed by atoms with Crippen LogP contribution in [0.3, 0.4) is 0 Å². The van der Waals surface area contributed by atoms with Crippen molar-refractivity contribution in [3.8, 4) is 0 Å². The SMILES string of the molecule is Cl.O=C(c1ccc(F)c(Br)c1)N1CCC2NCCC2C1. The minimum absolute atomic E-state index is 0. The summed E-state index contributed by atoms with van der Waals surface area (Å²) in [7, 11) is 0. The summed E-state index contributed by atoms with van der Waals surface area (Å²) >= 11 is 3.13. The minimum Gasteiger partial charge on any atom is -0.338 e. The zero-order chi connectivity index (χ0) is 13.4. The Balaban J connectivity index is 0.00000147. The molecule has 0 spiro atoms. The van der Waals surface area contributed by atoms with Gasteiger partial charge < -0.3 is 10.2 Å². The summed E-state index contributed by atoms with van der Waals surface area (Å²) in [6, 6.07) is 5.03. The molecule has 2 fully saturated rings. The van der Waals surface area contributed by atoms with E-state index in [2.05, 4.69) is 21.2 Å². The number of likely N-dealkylation sites (tertiary alicyclic amines) is 1. The van der Waals surface area contributed by atoms with E-state index in [-0.39, 0.29) is 24.1 Å². The van der Waals surface area contributed by atoms with Gasteiger partial charge >= 0.3 is 0 Å². The molecule has 1 N–H and O–H groups in total. The molecule has 0 aliphatic carbocycles. The lowest BCUT2D eigenvalue weighted by Crippen LogP contribution is -2.46. The van der Waals surface area contributed by atoms with Gasteiger partial charge in [0.25, 0.3) is 5.91 Å². The first-order valence-corrected chi connectivity index (χ1v) is 7.42. The number of hydrogen-bond donors (Lipinski definition) is 1. The van der Waals surface area contributed by atoms with Gasteiger partial charge in [-0.15, -0.1) is 12.4 Å². The van der Waals surface area contributed by atoms with Crippen LogP contribution >= 0.6 is 28.3 Å². The van der Waals surface area contributed by atoms with Gasteiger partial charge in [0.2, 0.25) is 0 Å². The summed E-state index contributed by atoms with van der Waals surface area (Å²) in [4.78, 5) is 14.3. The van der Waals surface area contributed by atoms with Gasteiger partial charge in [-0.1, -0.05) is 0 Å². The first-order chi connectivity index (χ1) is 9.15. The predicted molar refractivity (Wildman–Crippen MR) is 81.8 cm³/mol. The Hall–Kier alpha value is -0.650. The van der Waals surface area contributed by atoms with Gasteiger partial charge in [-0.3, -0.25) is 4.79 Å². The highest BCUT2D eigenvalue weighted by atomic mass is 79.9. The fourth-order valence-corrected chi connectivity index (χ4v) is 3.42. The van der Waals surface area contributed by atoms with Crippen molar-refractivity contribution in [3.63, 3.8) is 0 Å². The molecule has 0 aromatic heterocycles. The first-order valence-electron chi connectivity index (χ1n) is 6.63. The van der Waals surface area contributed by atoms with Crippen LogP contribution in [-0.4, -0.2) is 36.5 Å². The molecule has 2 aliphatic heterocycles. The van der Waals surface area contributed by atoms with E-state index < -0.39 is 0 Å². The number of nitrogens with one attached hydrogen (secondary N) is 1. The van der Waals surface area contributed by atoms with Crippen molar-refractivity contribution in [1.29, 1.82) is 0 Å². The van der Waals surface area contributed by atoms with Crippen molar-refractivity contribution in [2.45, 2.75) is 18.9 Å². The third kappa shape index (κ3) is 3.00. The van der Waals surface area contributed by atoms with Crippen molar-refractivity contribution < 1.29 is 9.18 Å². The predicted octanol–water partition coefficient (Wildman–Crippen LogP) is 2.83. The van der Waals surface area contributed by atoms with Gasteiger partial charge in [-0.2, -0.15) is 0 Å². The van der Waals surface area contributed by atoms with Crippen molar-refractivity contribution in [1.82, 2.24) is 10.2 Å². The van der Waals surface area contributed by atoms with Gasteiger partial charge in [-0.05, 0) is 59.4 Å². The lowest BCUT2D eigenvalue weighted by atomic mass is 9.93. The Morgan fingerprint density at radius 2 is 2.20 bits per heavy atom. The van der Waals surface area contributed by atoms with E-state index in [1.165, 1.54) is 6.07 Å². The molecule has 0 bridgehead atoms. The normalized spacial score (nSPS) is 25.0. The Kier molecular flexibility index (Phi) is 5.04. The number of hydrogen-bond acceptors (Lipinski definition) is 2. The third-order valence-electron chi connectivity index (χ3n) is 4.11. The van der Waals surface area contributed by atoms with Crippen molar-refractivity contribution in [2.24, 2.45) is 5.92 Å². The second kappa shape index (κ2) is 6.41. The topological polar surface area (TPSA) is 32.3 Å². The Labute approximate surface area is 132 Å². The molecule has 2 aliphatic rings. The Morgan fingerprint density at radius 1 is 1.40 bits per heavy atom. The molecular weight excluding hydrogens is 347 g/mol. The number of carbonyl (C=O) groups is 1. The summed E-state index contributed by atoms with van der Waals surface area (Å²) in [6.45, 7) is 2.65. The first kappa shape index (κ1) is 15.7. The maximum absolute atomic E-state index is 13.2.